The molecule has 1 aromatic rings. The quantitative estimate of drug-likeness (QED) is 0.689. The van der Waals surface area contributed by atoms with Crippen LogP contribution in [-0.4, -0.2) is 6.29 Å². The van der Waals surface area contributed by atoms with E-state index in [4.69, 9.17) is 0 Å². The van der Waals surface area contributed by atoms with Gasteiger partial charge in [0.1, 0.15) is 6.29 Å². The van der Waals surface area contributed by atoms with E-state index in [1.54, 1.807) is 0 Å². The third kappa shape index (κ3) is 2.03. The number of rotatable bonds is 2. The summed E-state index contributed by atoms with van der Waals surface area (Å²) in [6.07, 6.45) is -1.94. The standard InChI is InChI=1S/C11H9F3O/c12-11(13,14)9-3-4-10(7-1-2-7)8(5-9)6-15/h3-7H,1-2H2. The predicted octanol–water partition coefficient (Wildman–Crippen LogP) is 3.40. The lowest BCUT2D eigenvalue weighted by molar-refractivity contribution is -0.137. The van der Waals surface area contributed by atoms with Crippen molar-refractivity contribution in [2.75, 3.05) is 0 Å². The molecule has 0 spiro atoms. The Morgan fingerprint density at radius 1 is 1.27 bits per heavy atom. The van der Waals surface area contributed by atoms with Crippen LogP contribution in [0.5, 0.6) is 0 Å². The van der Waals surface area contributed by atoms with Crippen LogP contribution < -0.4 is 0 Å². The number of hydrogen-bond acceptors (Lipinski definition) is 1. The van der Waals surface area contributed by atoms with Gasteiger partial charge in [0.05, 0.1) is 5.56 Å². The summed E-state index contributed by atoms with van der Waals surface area (Å²) < 4.78 is 37.0. The maximum Gasteiger partial charge on any atom is 0.416 e. The summed E-state index contributed by atoms with van der Waals surface area (Å²) in [7, 11) is 0. The molecule has 0 amide bonds. The summed E-state index contributed by atoms with van der Waals surface area (Å²) in [6.45, 7) is 0. The fourth-order valence-corrected chi connectivity index (χ4v) is 1.62. The summed E-state index contributed by atoms with van der Waals surface area (Å²) in [5.41, 5.74) is 0.166. The topological polar surface area (TPSA) is 17.1 Å². The highest BCUT2D eigenvalue weighted by Gasteiger charge is 2.33. The van der Waals surface area contributed by atoms with Crippen LogP contribution in [0.1, 0.15) is 40.2 Å². The zero-order valence-corrected chi connectivity index (χ0v) is 7.84. The molecule has 1 saturated carbocycles. The number of benzene rings is 1. The zero-order chi connectivity index (χ0) is 11.1. The molecule has 2 rings (SSSR count). The number of carbonyl (C=O) groups is 1. The summed E-state index contributed by atoms with van der Waals surface area (Å²) in [5.74, 6) is 0.285. The van der Waals surface area contributed by atoms with Crippen LogP contribution in [0.3, 0.4) is 0 Å². The van der Waals surface area contributed by atoms with Crippen LogP contribution >= 0.6 is 0 Å². The lowest BCUT2D eigenvalue weighted by Gasteiger charge is -2.09. The van der Waals surface area contributed by atoms with E-state index >= 15 is 0 Å². The van der Waals surface area contributed by atoms with Crippen molar-refractivity contribution >= 4 is 6.29 Å². The van der Waals surface area contributed by atoms with Gasteiger partial charge in [0.15, 0.2) is 0 Å². The highest BCUT2D eigenvalue weighted by molar-refractivity contribution is 5.78. The van der Waals surface area contributed by atoms with Gasteiger partial charge in [0.25, 0.3) is 0 Å². The molecule has 0 radical (unpaired) electrons. The molecule has 0 saturated heterocycles. The van der Waals surface area contributed by atoms with Crippen LogP contribution in [0.2, 0.25) is 0 Å². The lowest BCUT2D eigenvalue weighted by Crippen LogP contribution is -2.06. The Balaban J connectivity index is 2.42. The number of hydrogen-bond donors (Lipinski definition) is 0. The number of aldehydes is 1. The second-order valence-electron chi connectivity index (χ2n) is 3.73. The zero-order valence-electron chi connectivity index (χ0n) is 7.84. The van der Waals surface area contributed by atoms with Crippen molar-refractivity contribution in [3.8, 4) is 0 Å². The predicted molar refractivity (Wildman–Crippen MR) is 48.8 cm³/mol. The highest BCUT2D eigenvalue weighted by Crippen LogP contribution is 2.42. The van der Waals surface area contributed by atoms with Gasteiger partial charge in [0.2, 0.25) is 0 Å². The smallest absolute Gasteiger partial charge is 0.298 e. The van der Waals surface area contributed by atoms with Crippen LogP contribution in [0.15, 0.2) is 18.2 Å². The van der Waals surface area contributed by atoms with E-state index in [0.29, 0.717) is 6.29 Å². The van der Waals surface area contributed by atoms with Gasteiger partial charge in [-0.25, -0.2) is 0 Å². The minimum Gasteiger partial charge on any atom is -0.298 e. The summed E-state index contributed by atoms with van der Waals surface area (Å²) in [5, 5.41) is 0. The molecule has 80 valence electrons. The Morgan fingerprint density at radius 3 is 2.40 bits per heavy atom. The molecule has 0 heterocycles. The highest BCUT2D eigenvalue weighted by atomic mass is 19.4. The Bertz CT molecular complexity index is 391. The molecule has 1 aliphatic rings. The second-order valence-corrected chi connectivity index (χ2v) is 3.73. The fourth-order valence-electron chi connectivity index (χ4n) is 1.62. The largest absolute Gasteiger partial charge is 0.416 e. The average molecular weight is 214 g/mol. The number of carbonyl (C=O) groups excluding carboxylic acids is 1. The van der Waals surface area contributed by atoms with Gasteiger partial charge in [-0.2, -0.15) is 13.2 Å². The first-order valence-corrected chi connectivity index (χ1v) is 4.68. The monoisotopic (exact) mass is 214 g/mol. The average Bonchev–Trinajstić information content (AvgIpc) is 2.98. The molecule has 0 atom stereocenters. The maximum atomic E-state index is 12.3. The molecule has 0 unspecified atom stereocenters. The third-order valence-electron chi connectivity index (χ3n) is 2.56. The van der Waals surface area contributed by atoms with Crippen LogP contribution in [0, 0.1) is 0 Å². The van der Waals surface area contributed by atoms with E-state index in [0.717, 1.165) is 30.5 Å². The molecule has 1 nitrogen and oxygen atoms in total. The van der Waals surface area contributed by atoms with Crippen molar-refractivity contribution in [3.05, 3.63) is 34.9 Å². The molecule has 1 aromatic carbocycles. The Hall–Kier alpha value is -1.32. The third-order valence-corrected chi connectivity index (χ3v) is 2.56. The number of halogens is 3. The van der Waals surface area contributed by atoms with Crippen LogP contribution in [-0.2, 0) is 6.18 Å². The van der Waals surface area contributed by atoms with Crippen molar-refractivity contribution in [2.45, 2.75) is 24.9 Å². The number of alkyl halides is 3. The normalized spacial score (nSPS) is 16.5. The van der Waals surface area contributed by atoms with E-state index in [2.05, 4.69) is 0 Å². The minimum absolute atomic E-state index is 0.173. The Morgan fingerprint density at radius 2 is 1.93 bits per heavy atom. The second kappa shape index (κ2) is 3.36. The van der Waals surface area contributed by atoms with Gasteiger partial charge in [-0.1, -0.05) is 6.07 Å². The van der Waals surface area contributed by atoms with Crippen molar-refractivity contribution in [2.24, 2.45) is 0 Å². The van der Waals surface area contributed by atoms with Gasteiger partial charge >= 0.3 is 6.18 Å². The van der Waals surface area contributed by atoms with Crippen molar-refractivity contribution in [1.29, 1.82) is 0 Å². The van der Waals surface area contributed by atoms with E-state index in [-0.39, 0.29) is 11.5 Å². The first kappa shape index (κ1) is 10.2. The van der Waals surface area contributed by atoms with Crippen LogP contribution in [0.4, 0.5) is 13.2 Å². The molecule has 15 heavy (non-hydrogen) atoms. The van der Waals surface area contributed by atoms with E-state index in [1.807, 2.05) is 0 Å². The molecular weight excluding hydrogens is 205 g/mol. The molecule has 1 fully saturated rings. The maximum absolute atomic E-state index is 12.3. The SMILES string of the molecule is O=Cc1cc(C(F)(F)F)ccc1C1CC1. The van der Waals surface area contributed by atoms with E-state index < -0.39 is 11.7 Å². The summed E-state index contributed by atoms with van der Waals surface area (Å²) in [4.78, 5) is 10.7. The first-order valence-electron chi connectivity index (χ1n) is 4.68. The minimum atomic E-state index is -4.38. The van der Waals surface area contributed by atoms with Gasteiger partial charge in [-0.3, -0.25) is 4.79 Å². The molecule has 0 aliphatic heterocycles. The van der Waals surface area contributed by atoms with Gasteiger partial charge in [-0.05, 0) is 36.5 Å². The molecule has 1 aliphatic carbocycles. The molecule has 0 N–H and O–H groups in total. The molecular formula is C11H9F3O. The summed E-state index contributed by atoms with van der Waals surface area (Å²) in [6, 6.07) is 3.39. The van der Waals surface area contributed by atoms with Crippen molar-refractivity contribution in [3.63, 3.8) is 0 Å². The molecule has 4 heteroatoms. The van der Waals surface area contributed by atoms with Gasteiger partial charge in [-0.15, -0.1) is 0 Å². The van der Waals surface area contributed by atoms with Crippen molar-refractivity contribution in [1.82, 2.24) is 0 Å². The summed E-state index contributed by atoms with van der Waals surface area (Å²) >= 11 is 0. The van der Waals surface area contributed by atoms with E-state index in [1.165, 1.54) is 6.07 Å². The Labute approximate surface area is 84.9 Å². The fraction of sp³-hybridized carbons (Fsp3) is 0.364. The molecule has 0 aromatic heterocycles. The van der Waals surface area contributed by atoms with Gasteiger partial charge in [0, 0.05) is 5.56 Å². The van der Waals surface area contributed by atoms with Gasteiger partial charge < -0.3 is 0 Å². The van der Waals surface area contributed by atoms with Crippen LogP contribution in [0.25, 0.3) is 0 Å². The van der Waals surface area contributed by atoms with Crippen molar-refractivity contribution < 1.29 is 18.0 Å². The van der Waals surface area contributed by atoms with E-state index in [9.17, 15) is 18.0 Å². The molecule has 0 bridgehead atoms. The Kier molecular flexibility index (Phi) is 2.29. The first-order chi connectivity index (χ1) is 7.02. The lowest BCUT2D eigenvalue weighted by atomic mass is 10.0.